The topological polar surface area (TPSA) is 61.4 Å². The number of carbonyl (C=O) groups excluding carboxylic acids is 1. The number of benzene rings is 1. The molecule has 0 atom stereocenters. The Kier molecular flexibility index (Phi) is 4.69. The molecule has 0 fully saturated rings. The summed E-state index contributed by atoms with van der Waals surface area (Å²) in [6.45, 7) is 12.6. The summed E-state index contributed by atoms with van der Waals surface area (Å²) in [5.74, 6) is 0.0633. The third-order valence-corrected chi connectivity index (χ3v) is 2.67. The largest absolute Gasteiger partial charge is 0.460 e. The molecule has 0 unspecified atom stereocenters. The molecule has 0 aliphatic rings. The van der Waals surface area contributed by atoms with Gasteiger partial charge in [-0.1, -0.05) is 17.7 Å². The van der Waals surface area contributed by atoms with Crippen LogP contribution in [0.4, 0.5) is 5.69 Å². The predicted octanol–water partition coefficient (Wildman–Crippen LogP) is 3.23. The van der Waals surface area contributed by atoms with E-state index in [0.717, 1.165) is 11.1 Å². The van der Waals surface area contributed by atoms with Crippen molar-refractivity contribution in [1.29, 1.82) is 0 Å². The second kappa shape index (κ2) is 6.68. The lowest BCUT2D eigenvalue weighted by molar-refractivity contribution is -0.141. The fourth-order valence-corrected chi connectivity index (χ4v) is 1.84. The Morgan fingerprint density at radius 1 is 1.41 bits per heavy atom. The number of ether oxygens (including phenoxy) is 1. The highest BCUT2D eigenvalue weighted by Gasteiger charge is 2.06. The predicted molar refractivity (Wildman–Crippen MR) is 83.0 cm³/mol. The summed E-state index contributed by atoms with van der Waals surface area (Å²) >= 11 is 0. The molecular formula is C16H16N4O2. The molecule has 1 aromatic carbocycles. The Bertz CT molecular complexity index is 754. The van der Waals surface area contributed by atoms with Gasteiger partial charge in [0.15, 0.2) is 11.5 Å². The van der Waals surface area contributed by atoms with Crippen LogP contribution < -0.4 is 0 Å². The normalized spacial score (nSPS) is 10.9. The number of carbonyl (C=O) groups is 1. The summed E-state index contributed by atoms with van der Waals surface area (Å²) in [6.07, 6.45) is 4.10. The summed E-state index contributed by atoms with van der Waals surface area (Å²) in [6, 6.07) is 5.44. The summed E-state index contributed by atoms with van der Waals surface area (Å²) in [5, 5.41) is 4.26. The van der Waals surface area contributed by atoms with Gasteiger partial charge in [-0.2, -0.15) is 0 Å². The van der Waals surface area contributed by atoms with Crippen LogP contribution in [0.2, 0.25) is 0 Å². The van der Waals surface area contributed by atoms with Crippen LogP contribution in [-0.4, -0.2) is 26.8 Å². The summed E-state index contributed by atoms with van der Waals surface area (Å²) in [7, 11) is 0. The van der Waals surface area contributed by atoms with E-state index >= 15 is 0 Å². The first-order valence-corrected chi connectivity index (χ1v) is 6.77. The quantitative estimate of drug-likeness (QED) is 0.494. The molecule has 6 heteroatoms. The molecule has 0 aliphatic carbocycles. The van der Waals surface area contributed by atoms with Gasteiger partial charge < -0.3 is 4.74 Å². The number of rotatable bonds is 4. The third kappa shape index (κ3) is 4.03. The van der Waals surface area contributed by atoms with Crippen molar-refractivity contribution in [2.45, 2.75) is 26.9 Å². The Hall–Kier alpha value is -2.94. The summed E-state index contributed by atoms with van der Waals surface area (Å²) in [4.78, 5) is 19.0. The maximum atomic E-state index is 11.4. The van der Waals surface area contributed by atoms with Crippen molar-refractivity contribution in [3.63, 3.8) is 0 Å². The highest BCUT2D eigenvalue weighted by Crippen LogP contribution is 2.23. The maximum absolute atomic E-state index is 11.4. The van der Waals surface area contributed by atoms with E-state index < -0.39 is 5.97 Å². The van der Waals surface area contributed by atoms with Crippen molar-refractivity contribution in [2.75, 3.05) is 0 Å². The molecule has 0 saturated carbocycles. The molecule has 0 saturated heterocycles. The van der Waals surface area contributed by atoms with Gasteiger partial charge in [0.05, 0.1) is 12.7 Å². The zero-order valence-corrected chi connectivity index (χ0v) is 12.6. The van der Waals surface area contributed by atoms with E-state index in [0.29, 0.717) is 11.5 Å². The second-order valence-electron chi connectivity index (χ2n) is 5.02. The molecule has 2 rings (SSSR count). The van der Waals surface area contributed by atoms with E-state index in [-0.39, 0.29) is 6.10 Å². The Morgan fingerprint density at radius 3 is 2.86 bits per heavy atom. The van der Waals surface area contributed by atoms with Gasteiger partial charge in [-0.15, -0.1) is 5.10 Å². The van der Waals surface area contributed by atoms with E-state index in [2.05, 4.69) is 14.9 Å². The number of aryl methyl sites for hydroxylation is 1. The summed E-state index contributed by atoms with van der Waals surface area (Å²) < 4.78 is 6.42. The van der Waals surface area contributed by atoms with E-state index in [1.807, 2.05) is 13.0 Å². The number of aromatic nitrogens is 3. The zero-order valence-electron chi connectivity index (χ0n) is 12.6. The molecule has 0 aliphatic heterocycles. The molecule has 1 aromatic heterocycles. The van der Waals surface area contributed by atoms with Gasteiger partial charge in [-0.3, -0.25) is 0 Å². The smallest absolute Gasteiger partial charge is 0.332 e. The van der Waals surface area contributed by atoms with Gasteiger partial charge in [0.2, 0.25) is 0 Å². The Labute approximate surface area is 128 Å². The van der Waals surface area contributed by atoms with Crippen LogP contribution in [0.3, 0.4) is 0 Å². The molecule has 2 aromatic rings. The summed E-state index contributed by atoms with van der Waals surface area (Å²) in [5.41, 5.74) is 2.28. The Balaban J connectivity index is 2.18. The minimum Gasteiger partial charge on any atom is -0.460 e. The van der Waals surface area contributed by atoms with Crippen LogP contribution in [0, 0.1) is 13.5 Å². The molecule has 0 N–H and O–H groups in total. The average Bonchev–Trinajstić information content (AvgIpc) is 2.92. The minimum atomic E-state index is -0.433. The van der Waals surface area contributed by atoms with Gasteiger partial charge >= 0.3 is 5.97 Å². The molecule has 0 amide bonds. The van der Waals surface area contributed by atoms with Gasteiger partial charge in [0.25, 0.3) is 0 Å². The van der Waals surface area contributed by atoms with E-state index in [1.54, 1.807) is 26.0 Å². The van der Waals surface area contributed by atoms with Crippen molar-refractivity contribution in [1.82, 2.24) is 14.8 Å². The van der Waals surface area contributed by atoms with E-state index in [1.165, 1.54) is 23.3 Å². The first kappa shape index (κ1) is 15.4. The lowest BCUT2D eigenvalue weighted by atomic mass is 10.1. The first-order chi connectivity index (χ1) is 10.5. The second-order valence-corrected chi connectivity index (χ2v) is 5.02. The Morgan fingerprint density at radius 2 is 2.18 bits per heavy atom. The number of esters is 1. The van der Waals surface area contributed by atoms with E-state index in [4.69, 9.17) is 11.3 Å². The monoisotopic (exact) mass is 296 g/mol. The van der Waals surface area contributed by atoms with Gasteiger partial charge in [0.1, 0.15) is 6.33 Å². The van der Waals surface area contributed by atoms with Crippen LogP contribution in [0.5, 0.6) is 0 Å². The molecule has 22 heavy (non-hydrogen) atoms. The third-order valence-electron chi connectivity index (χ3n) is 2.67. The maximum Gasteiger partial charge on any atom is 0.332 e. The SMILES string of the molecule is [C-]#[N+]c1cc(C)cc(-c2ncn(/C=C\C(=O)OC(C)C)n2)c1. The molecule has 0 bridgehead atoms. The molecule has 0 radical (unpaired) electrons. The van der Waals surface area contributed by atoms with Gasteiger partial charge in [-0.25, -0.2) is 19.3 Å². The number of hydrogen-bond donors (Lipinski definition) is 0. The lowest BCUT2D eigenvalue weighted by Crippen LogP contribution is -2.08. The fourth-order valence-electron chi connectivity index (χ4n) is 1.84. The van der Waals surface area contributed by atoms with E-state index in [9.17, 15) is 4.79 Å². The lowest BCUT2D eigenvalue weighted by Gasteiger charge is -2.03. The van der Waals surface area contributed by atoms with Crippen molar-refractivity contribution in [2.24, 2.45) is 0 Å². The molecular weight excluding hydrogens is 280 g/mol. The van der Waals surface area contributed by atoms with Crippen LogP contribution in [-0.2, 0) is 9.53 Å². The molecule has 112 valence electrons. The zero-order chi connectivity index (χ0) is 16.1. The highest BCUT2D eigenvalue weighted by atomic mass is 16.5. The molecule has 6 nitrogen and oxygen atoms in total. The van der Waals surface area contributed by atoms with Crippen LogP contribution in [0.1, 0.15) is 19.4 Å². The molecule has 0 spiro atoms. The van der Waals surface area contributed by atoms with Gasteiger partial charge in [-0.05, 0) is 26.8 Å². The van der Waals surface area contributed by atoms with Crippen LogP contribution >= 0.6 is 0 Å². The molecule has 1 heterocycles. The van der Waals surface area contributed by atoms with Crippen molar-refractivity contribution in [3.8, 4) is 11.4 Å². The average molecular weight is 296 g/mol. The minimum absolute atomic E-state index is 0.164. The van der Waals surface area contributed by atoms with Crippen LogP contribution in [0.15, 0.2) is 30.6 Å². The number of nitrogens with zero attached hydrogens (tertiary/aromatic N) is 4. The number of hydrogen-bond acceptors (Lipinski definition) is 4. The van der Waals surface area contributed by atoms with Crippen LogP contribution in [0.25, 0.3) is 22.4 Å². The highest BCUT2D eigenvalue weighted by molar-refractivity contribution is 5.85. The fraction of sp³-hybridized carbons (Fsp3) is 0.250. The van der Waals surface area contributed by atoms with Crippen molar-refractivity contribution >= 4 is 17.9 Å². The van der Waals surface area contributed by atoms with Crippen molar-refractivity contribution in [3.05, 3.63) is 47.6 Å². The standard InChI is InChI=1S/C16H16N4O2/c1-11(2)22-15(21)5-6-20-10-18-16(19-20)13-7-12(3)8-14(9-13)17-4/h5-11H,1-3H3/b6-5-. The van der Waals surface area contributed by atoms with Crippen molar-refractivity contribution < 1.29 is 9.53 Å². The van der Waals surface area contributed by atoms with Gasteiger partial charge in [0, 0.05) is 17.8 Å². The first-order valence-electron chi connectivity index (χ1n) is 6.77.